The number of hydrogen-bond donors (Lipinski definition) is 0. The van der Waals surface area contributed by atoms with Gasteiger partial charge in [0, 0.05) is 18.3 Å². The summed E-state index contributed by atoms with van der Waals surface area (Å²) >= 11 is 5.54. The van der Waals surface area contributed by atoms with E-state index in [2.05, 4.69) is 13.8 Å². The van der Waals surface area contributed by atoms with Crippen molar-refractivity contribution in [2.24, 2.45) is 5.92 Å². The van der Waals surface area contributed by atoms with Crippen molar-refractivity contribution in [3.63, 3.8) is 0 Å². The molecular formula is C9H15ClN2O2. The lowest BCUT2D eigenvalue weighted by Gasteiger charge is -2.19. The van der Waals surface area contributed by atoms with E-state index < -0.39 is 0 Å². The summed E-state index contributed by atoms with van der Waals surface area (Å²) in [6.07, 6.45) is 1.94. The van der Waals surface area contributed by atoms with E-state index in [9.17, 15) is 9.59 Å². The van der Waals surface area contributed by atoms with Gasteiger partial charge in [0.1, 0.15) is 6.54 Å². The van der Waals surface area contributed by atoms with Gasteiger partial charge in [-0.25, -0.2) is 9.21 Å². The highest BCUT2D eigenvalue weighted by atomic mass is 35.5. The van der Waals surface area contributed by atoms with Crippen molar-refractivity contribution >= 4 is 23.7 Å². The standard InChI is InChI=1S/C9H15ClN2O2/c1-3-7(4-2)5-11-8(13)6-12(10)9(11)14/h7H,3-6H2,1-2H3. The summed E-state index contributed by atoms with van der Waals surface area (Å²) in [6.45, 7) is 4.60. The second kappa shape index (κ2) is 4.64. The van der Waals surface area contributed by atoms with Crippen molar-refractivity contribution in [2.45, 2.75) is 26.7 Å². The van der Waals surface area contributed by atoms with E-state index in [1.54, 1.807) is 0 Å². The van der Waals surface area contributed by atoms with E-state index in [0.717, 1.165) is 17.3 Å². The molecule has 0 aromatic heterocycles. The molecule has 0 aromatic carbocycles. The lowest BCUT2D eigenvalue weighted by molar-refractivity contribution is -0.125. The van der Waals surface area contributed by atoms with Crippen molar-refractivity contribution in [3.8, 4) is 0 Å². The Morgan fingerprint density at radius 2 is 1.93 bits per heavy atom. The molecule has 0 atom stereocenters. The molecule has 0 bridgehead atoms. The number of imide groups is 1. The number of hydrogen-bond acceptors (Lipinski definition) is 2. The summed E-state index contributed by atoms with van der Waals surface area (Å²) in [5, 5.41) is 0. The van der Waals surface area contributed by atoms with Gasteiger partial charge in [0.05, 0.1) is 0 Å². The quantitative estimate of drug-likeness (QED) is 0.534. The van der Waals surface area contributed by atoms with Crippen LogP contribution < -0.4 is 0 Å². The topological polar surface area (TPSA) is 40.6 Å². The zero-order chi connectivity index (χ0) is 10.7. The van der Waals surface area contributed by atoms with Crippen LogP contribution in [0.3, 0.4) is 0 Å². The molecular weight excluding hydrogens is 204 g/mol. The minimum absolute atomic E-state index is 0.000533. The highest BCUT2D eigenvalue weighted by Crippen LogP contribution is 2.17. The van der Waals surface area contributed by atoms with Crippen LogP contribution in [0.4, 0.5) is 4.79 Å². The first-order valence-corrected chi connectivity index (χ1v) is 5.21. The number of urea groups is 1. The van der Waals surface area contributed by atoms with E-state index in [4.69, 9.17) is 11.8 Å². The van der Waals surface area contributed by atoms with Crippen LogP contribution in [-0.4, -0.2) is 34.3 Å². The Labute approximate surface area is 88.9 Å². The third-order valence-electron chi connectivity index (χ3n) is 2.61. The molecule has 5 heteroatoms. The monoisotopic (exact) mass is 218 g/mol. The van der Waals surface area contributed by atoms with Gasteiger partial charge in [0.25, 0.3) is 5.91 Å². The SMILES string of the molecule is CCC(CC)CN1C(=O)CN(Cl)C1=O. The molecule has 1 aliphatic rings. The zero-order valence-electron chi connectivity index (χ0n) is 8.49. The number of amides is 3. The summed E-state index contributed by atoms with van der Waals surface area (Å²) in [5.41, 5.74) is 0. The van der Waals surface area contributed by atoms with E-state index in [1.165, 1.54) is 4.90 Å². The Morgan fingerprint density at radius 3 is 2.29 bits per heavy atom. The molecule has 0 spiro atoms. The normalized spacial score (nSPS) is 17.4. The average Bonchev–Trinajstić information content (AvgIpc) is 2.40. The minimum Gasteiger partial charge on any atom is -0.272 e. The Balaban J connectivity index is 2.59. The second-order valence-electron chi connectivity index (χ2n) is 3.49. The third-order valence-corrected chi connectivity index (χ3v) is 2.87. The summed E-state index contributed by atoms with van der Waals surface area (Å²) < 4.78 is 0.935. The molecule has 1 saturated heterocycles. The van der Waals surface area contributed by atoms with Gasteiger partial charge in [0.15, 0.2) is 0 Å². The van der Waals surface area contributed by atoms with Crippen molar-refractivity contribution in [1.29, 1.82) is 0 Å². The van der Waals surface area contributed by atoms with Crippen LogP contribution in [0.5, 0.6) is 0 Å². The maximum Gasteiger partial charge on any atom is 0.341 e. The third kappa shape index (κ3) is 2.18. The van der Waals surface area contributed by atoms with Crippen LogP contribution in [0.25, 0.3) is 0 Å². The lowest BCUT2D eigenvalue weighted by Crippen LogP contribution is -2.34. The maximum atomic E-state index is 11.4. The molecule has 1 fully saturated rings. The van der Waals surface area contributed by atoms with E-state index in [0.29, 0.717) is 12.5 Å². The molecule has 4 nitrogen and oxygen atoms in total. The van der Waals surface area contributed by atoms with Crippen LogP contribution in [0, 0.1) is 5.92 Å². The van der Waals surface area contributed by atoms with Gasteiger partial charge in [-0.05, 0) is 5.92 Å². The number of rotatable bonds is 4. The van der Waals surface area contributed by atoms with Crippen molar-refractivity contribution < 1.29 is 9.59 Å². The highest BCUT2D eigenvalue weighted by Gasteiger charge is 2.35. The molecule has 14 heavy (non-hydrogen) atoms. The van der Waals surface area contributed by atoms with Gasteiger partial charge in [-0.2, -0.15) is 0 Å². The molecule has 0 aliphatic carbocycles. The lowest BCUT2D eigenvalue weighted by atomic mass is 10.0. The van der Waals surface area contributed by atoms with E-state index >= 15 is 0 Å². The fourth-order valence-electron chi connectivity index (χ4n) is 1.49. The number of carbonyl (C=O) groups is 2. The fourth-order valence-corrected chi connectivity index (χ4v) is 1.69. The Hall–Kier alpha value is -0.770. The maximum absolute atomic E-state index is 11.4. The smallest absolute Gasteiger partial charge is 0.272 e. The van der Waals surface area contributed by atoms with E-state index in [-0.39, 0.29) is 18.5 Å². The molecule has 1 aliphatic heterocycles. The number of halogens is 1. The summed E-state index contributed by atoms with van der Waals surface area (Å²) in [6, 6.07) is -0.386. The summed E-state index contributed by atoms with van der Waals surface area (Å²) in [5.74, 6) is 0.183. The van der Waals surface area contributed by atoms with Gasteiger partial charge in [-0.3, -0.25) is 9.69 Å². The molecule has 0 aromatic rings. The molecule has 0 saturated carbocycles. The van der Waals surface area contributed by atoms with Crippen LogP contribution in [0.15, 0.2) is 0 Å². The van der Waals surface area contributed by atoms with Crippen molar-refractivity contribution in [2.75, 3.05) is 13.1 Å². The van der Waals surface area contributed by atoms with Crippen LogP contribution >= 0.6 is 11.8 Å². The molecule has 80 valence electrons. The van der Waals surface area contributed by atoms with Crippen LogP contribution in [0.2, 0.25) is 0 Å². The molecule has 0 radical (unpaired) electrons. The fraction of sp³-hybridized carbons (Fsp3) is 0.778. The first-order valence-electron chi connectivity index (χ1n) is 4.87. The Bertz CT molecular complexity index is 241. The molecule has 1 heterocycles. The van der Waals surface area contributed by atoms with Gasteiger partial charge in [-0.15, -0.1) is 0 Å². The number of carbonyl (C=O) groups excluding carboxylic acids is 2. The van der Waals surface area contributed by atoms with Crippen LogP contribution in [-0.2, 0) is 4.79 Å². The first-order chi connectivity index (χ1) is 6.60. The van der Waals surface area contributed by atoms with Gasteiger partial charge < -0.3 is 0 Å². The molecule has 3 amide bonds. The molecule has 0 N–H and O–H groups in total. The van der Waals surface area contributed by atoms with Crippen molar-refractivity contribution in [3.05, 3.63) is 0 Å². The summed E-state index contributed by atoms with van der Waals surface area (Å²) in [7, 11) is 0. The molecule has 1 rings (SSSR count). The predicted octanol–water partition coefficient (Wildman–Crippen LogP) is 1.84. The highest BCUT2D eigenvalue weighted by molar-refractivity contribution is 6.26. The summed E-state index contributed by atoms with van der Waals surface area (Å²) in [4.78, 5) is 24.0. The first kappa shape index (κ1) is 11.3. The molecule has 0 unspecified atom stereocenters. The zero-order valence-corrected chi connectivity index (χ0v) is 9.25. The largest absolute Gasteiger partial charge is 0.341 e. The van der Waals surface area contributed by atoms with Gasteiger partial charge in [0.2, 0.25) is 0 Å². The van der Waals surface area contributed by atoms with E-state index in [1.807, 2.05) is 0 Å². The van der Waals surface area contributed by atoms with Crippen LogP contribution in [0.1, 0.15) is 26.7 Å². The van der Waals surface area contributed by atoms with Gasteiger partial charge >= 0.3 is 6.03 Å². The second-order valence-corrected chi connectivity index (χ2v) is 3.90. The number of nitrogens with zero attached hydrogens (tertiary/aromatic N) is 2. The average molecular weight is 219 g/mol. The Kier molecular flexibility index (Phi) is 3.75. The van der Waals surface area contributed by atoms with Crippen molar-refractivity contribution in [1.82, 2.24) is 9.32 Å². The predicted molar refractivity (Wildman–Crippen MR) is 53.7 cm³/mol. The minimum atomic E-state index is -0.386. The Morgan fingerprint density at radius 1 is 1.36 bits per heavy atom. The van der Waals surface area contributed by atoms with Gasteiger partial charge in [-0.1, -0.05) is 26.7 Å².